The van der Waals surface area contributed by atoms with Gasteiger partial charge in [0.1, 0.15) is 11.6 Å². The molecule has 1 saturated carbocycles. The lowest BCUT2D eigenvalue weighted by atomic mass is 9.98. The van der Waals surface area contributed by atoms with Crippen molar-refractivity contribution in [3.63, 3.8) is 0 Å². The lowest BCUT2D eigenvalue weighted by molar-refractivity contribution is -0.112. The van der Waals surface area contributed by atoms with Gasteiger partial charge in [-0.3, -0.25) is 4.79 Å². The highest BCUT2D eigenvalue weighted by molar-refractivity contribution is 6.13. The van der Waals surface area contributed by atoms with Gasteiger partial charge in [-0.05, 0) is 73.2 Å². The lowest BCUT2D eigenvalue weighted by Crippen LogP contribution is -2.04. The molecule has 0 atom stereocenters. The third-order valence-electron chi connectivity index (χ3n) is 4.15. The van der Waals surface area contributed by atoms with Crippen molar-refractivity contribution in [3.8, 4) is 0 Å². The Balaban J connectivity index is 1.90. The number of rotatable bonds is 2. The summed E-state index contributed by atoms with van der Waals surface area (Å²) in [6, 6.07) is 12.2. The van der Waals surface area contributed by atoms with E-state index in [1.807, 2.05) is 12.2 Å². The van der Waals surface area contributed by atoms with Crippen LogP contribution in [0.5, 0.6) is 0 Å². The average molecular weight is 324 g/mol. The molecular weight excluding hydrogens is 306 g/mol. The molecule has 1 aliphatic carbocycles. The second kappa shape index (κ2) is 7.35. The van der Waals surface area contributed by atoms with Gasteiger partial charge in [0.15, 0.2) is 5.78 Å². The third-order valence-corrected chi connectivity index (χ3v) is 4.15. The van der Waals surface area contributed by atoms with Crippen molar-refractivity contribution >= 4 is 17.9 Å². The first-order chi connectivity index (χ1) is 11.6. The van der Waals surface area contributed by atoms with Crippen LogP contribution < -0.4 is 0 Å². The monoisotopic (exact) mass is 324 g/mol. The highest BCUT2D eigenvalue weighted by Crippen LogP contribution is 2.27. The number of ketones is 1. The van der Waals surface area contributed by atoms with Gasteiger partial charge in [0.2, 0.25) is 0 Å². The average Bonchev–Trinajstić information content (AvgIpc) is 2.75. The molecule has 3 heteroatoms. The number of carbonyl (C=O) groups is 1. The van der Waals surface area contributed by atoms with E-state index in [2.05, 4.69) is 0 Å². The van der Waals surface area contributed by atoms with Crippen LogP contribution in [0.3, 0.4) is 0 Å². The number of hydrogen-bond donors (Lipinski definition) is 0. The Morgan fingerprint density at radius 2 is 1.04 bits per heavy atom. The van der Waals surface area contributed by atoms with Crippen LogP contribution in [-0.4, -0.2) is 5.78 Å². The number of allylic oxidation sites excluding steroid dienone is 2. The van der Waals surface area contributed by atoms with E-state index in [9.17, 15) is 13.6 Å². The Bertz CT molecular complexity index is 716. The maximum atomic E-state index is 13.0. The number of halogens is 2. The van der Waals surface area contributed by atoms with Gasteiger partial charge in [-0.2, -0.15) is 0 Å². The summed E-state index contributed by atoms with van der Waals surface area (Å²) in [5, 5.41) is 0. The molecule has 2 aromatic carbocycles. The fourth-order valence-corrected chi connectivity index (χ4v) is 2.86. The Kier molecular flexibility index (Phi) is 4.99. The molecule has 0 radical (unpaired) electrons. The fraction of sp³-hybridized carbons (Fsp3) is 0.190. The van der Waals surface area contributed by atoms with Gasteiger partial charge in [0.25, 0.3) is 0 Å². The highest BCUT2D eigenvalue weighted by atomic mass is 19.1. The van der Waals surface area contributed by atoms with Gasteiger partial charge in [-0.15, -0.1) is 0 Å². The van der Waals surface area contributed by atoms with Gasteiger partial charge < -0.3 is 0 Å². The number of Topliss-reactive ketones (excluding diaryl/α,β-unsaturated/α-hetero) is 1. The van der Waals surface area contributed by atoms with Gasteiger partial charge in [-0.25, -0.2) is 8.78 Å². The van der Waals surface area contributed by atoms with Gasteiger partial charge >= 0.3 is 0 Å². The molecule has 0 bridgehead atoms. The molecule has 0 N–H and O–H groups in total. The van der Waals surface area contributed by atoms with Crippen molar-refractivity contribution in [2.24, 2.45) is 0 Å². The summed E-state index contributed by atoms with van der Waals surface area (Å²) in [4.78, 5) is 12.8. The van der Waals surface area contributed by atoms with E-state index in [-0.39, 0.29) is 17.4 Å². The van der Waals surface area contributed by atoms with Gasteiger partial charge in [0, 0.05) is 11.1 Å². The zero-order valence-corrected chi connectivity index (χ0v) is 13.3. The predicted molar refractivity (Wildman–Crippen MR) is 92.2 cm³/mol. The van der Waals surface area contributed by atoms with Crippen LogP contribution in [0.2, 0.25) is 0 Å². The van der Waals surface area contributed by atoms with Crippen LogP contribution in [0, 0.1) is 11.6 Å². The summed E-state index contributed by atoms with van der Waals surface area (Å²) in [7, 11) is 0. The summed E-state index contributed by atoms with van der Waals surface area (Å²) in [6.45, 7) is 0. The van der Waals surface area contributed by atoms with Crippen LogP contribution in [0.4, 0.5) is 8.78 Å². The highest BCUT2D eigenvalue weighted by Gasteiger charge is 2.18. The predicted octanol–water partition coefficient (Wildman–Crippen LogP) is 5.57. The molecule has 122 valence electrons. The summed E-state index contributed by atoms with van der Waals surface area (Å²) in [5.41, 5.74) is 3.13. The number of benzene rings is 2. The number of carbonyl (C=O) groups excluding carboxylic acids is 1. The summed E-state index contributed by atoms with van der Waals surface area (Å²) in [5.74, 6) is -0.552. The van der Waals surface area contributed by atoms with Crippen molar-refractivity contribution in [1.82, 2.24) is 0 Å². The van der Waals surface area contributed by atoms with Crippen LogP contribution in [0.1, 0.15) is 36.8 Å². The van der Waals surface area contributed by atoms with Gasteiger partial charge in [0.05, 0.1) is 0 Å². The molecule has 0 spiro atoms. The van der Waals surface area contributed by atoms with Crippen LogP contribution in [0.15, 0.2) is 59.7 Å². The second-order valence-electron chi connectivity index (χ2n) is 5.98. The Morgan fingerprint density at radius 1 is 0.667 bits per heavy atom. The van der Waals surface area contributed by atoms with E-state index < -0.39 is 0 Å². The van der Waals surface area contributed by atoms with E-state index in [4.69, 9.17) is 0 Å². The SMILES string of the molecule is O=C1/C(=C/c2ccc(F)cc2)CCCC/C1=C\c1ccc(F)cc1. The zero-order chi connectivity index (χ0) is 16.9. The van der Waals surface area contributed by atoms with Crippen molar-refractivity contribution < 1.29 is 13.6 Å². The molecule has 1 aliphatic rings. The maximum absolute atomic E-state index is 13.0. The summed E-state index contributed by atoms with van der Waals surface area (Å²) >= 11 is 0. The molecule has 1 nitrogen and oxygen atoms in total. The first-order valence-electron chi connectivity index (χ1n) is 8.09. The molecule has 3 rings (SSSR count). The normalized spacial score (nSPS) is 18.8. The molecule has 0 aliphatic heterocycles. The van der Waals surface area contributed by atoms with Crippen molar-refractivity contribution in [2.75, 3.05) is 0 Å². The van der Waals surface area contributed by atoms with Crippen molar-refractivity contribution in [2.45, 2.75) is 25.7 Å². The van der Waals surface area contributed by atoms with Crippen LogP contribution in [-0.2, 0) is 4.79 Å². The molecule has 0 heterocycles. The standard InChI is InChI=1S/C21H18F2O/c22-19-9-5-15(6-10-19)13-17-3-1-2-4-18(21(17)24)14-16-7-11-20(23)12-8-16/h5-14H,1-4H2/b17-13+,18-14+. The molecular formula is C21H18F2O. The Labute approximate surface area is 140 Å². The molecule has 1 fully saturated rings. The van der Waals surface area contributed by atoms with Crippen molar-refractivity contribution in [1.29, 1.82) is 0 Å². The first kappa shape index (κ1) is 16.3. The first-order valence-corrected chi connectivity index (χ1v) is 8.09. The van der Waals surface area contributed by atoms with E-state index in [0.29, 0.717) is 0 Å². The second-order valence-corrected chi connectivity index (χ2v) is 5.98. The maximum Gasteiger partial charge on any atom is 0.185 e. The third kappa shape index (κ3) is 4.05. The topological polar surface area (TPSA) is 17.1 Å². The molecule has 0 unspecified atom stereocenters. The van der Waals surface area contributed by atoms with Gasteiger partial charge in [-0.1, -0.05) is 24.3 Å². The minimum absolute atomic E-state index is 0.0288. The van der Waals surface area contributed by atoms with Crippen LogP contribution >= 0.6 is 0 Å². The molecule has 0 aromatic heterocycles. The summed E-state index contributed by atoms with van der Waals surface area (Å²) < 4.78 is 26.0. The Hall–Kier alpha value is -2.55. The van der Waals surface area contributed by atoms with E-state index >= 15 is 0 Å². The zero-order valence-electron chi connectivity index (χ0n) is 13.3. The van der Waals surface area contributed by atoms with E-state index in [0.717, 1.165) is 48.0 Å². The molecule has 0 saturated heterocycles. The van der Waals surface area contributed by atoms with E-state index in [1.165, 1.54) is 24.3 Å². The Morgan fingerprint density at radius 3 is 1.42 bits per heavy atom. The lowest BCUT2D eigenvalue weighted by Gasteiger charge is -2.06. The van der Waals surface area contributed by atoms with Crippen LogP contribution in [0.25, 0.3) is 12.2 Å². The molecule has 24 heavy (non-hydrogen) atoms. The fourth-order valence-electron chi connectivity index (χ4n) is 2.86. The molecule has 2 aromatic rings. The molecule has 0 amide bonds. The quantitative estimate of drug-likeness (QED) is 0.521. The number of hydrogen-bond acceptors (Lipinski definition) is 1. The minimum atomic E-state index is -0.291. The smallest absolute Gasteiger partial charge is 0.185 e. The summed E-state index contributed by atoms with van der Waals surface area (Å²) in [6.07, 6.45) is 7.00. The van der Waals surface area contributed by atoms with Crippen molar-refractivity contribution in [3.05, 3.63) is 82.4 Å². The minimum Gasteiger partial charge on any atom is -0.289 e. The largest absolute Gasteiger partial charge is 0.289 e. The van der Waals surface area contributed by atoms with E-state index in [1.54, 1.807) is 24.3 Å².